The SMILES string of the molecule is C=C(CCOC(=O)C(=C)CC(CC)CCCC)C(=O)O. The number of hydrogen-bond donors (Lipinski definition) is 1. The lowest BCUT2D eigenvalue weighted by atomic mass is 9.92. The van der Waals surface area contributed by atoms with Gasteiger partial charge in [0.25, 0.3) is 0 Å². The molecule has 0 amide bonds. The monoisotopic (exact) mass is 282 g/mol. The topological polar surface area (TPSA) is 63.6 Å². The van der Waals surface area contributed by atoms with Crippen molar-refractivity contribution in [2.45, 2.75) is 52.4 Å². The number of carboxylic acid groups (broad SMARTS) is 1. The second-order valence-electron chi connectivity index (χ2n) is 5.02. The molecule has 1 N–H and O–H groups in total. The van der Waals surface area contributed by atoms with E-state index < -0.39 is 11.9 Å². The van der Waals surface area contributed by atoms with Gasteiger partial charge in [0.05, 0.1) is 6.61 Å². The maximum absolute atomic E-state index is 11.7. The van der Waals surface area contributed by atoms with Gasteiger partial charge in [-0.05, 0) is 12.3 Å². The summed E-state index contributed by atoms with van der Waals surface area (Å²) >= 11 is 0. The molecular formula is C16H26O4. The van der Waals surface area contributed by atoms with Gasteiger partial charge < -0.3 is 9.84 Å². The lowest BCUT2D eigenvalue weighted by Crippen LogP contribution is -2.13. The van der Waals surface area contributed by atoms with E-state index in [4.69, 9.17) is 9.84 Å². The smallest absolute Gasteiger partial charge is 0.333 e. The maximum Gasteiger partial charge on any atom is 0.333 e. The number of hydrogen-bond acceptors (Lipinski definition) is 3. The average molecular weight is 282 g/mol. The highest BCUT2D eigenvalue weighted by molar-refractivity contribution is 5.88. The van der Waals surface area contributed by atoms with Gasteiger partial charge in [0.15, 0.2) is 0 Å². The Labute approximate surface area is 121 Å². The van der Waals surface area contributed by atoms with Crippen molar-refractivity contribution >= 4 is 11.9 Å². The van der Waals surface area contributed by atoms with Crippen LogP contribution in [0.2, 0.25) is 0 Å². The van der Waals surface area contributed by atoms with Crippen LogP contribution in [0.5, 0.6) is 0 Å². The van der Waals surface area contributed by atoms with Gasteiger partial charge in [-0.2, -0.15) is 0 Å². The molecule has 0 aromatic rings. The van der Waals surface area contributed by atoms with Crippen LogP contribution < -0.4 is 0 Å². The number of unbranched alkanes of at least 4 members (excludes halogenated alkanes) is 1. The molecule has 0 saturated heterocycles. The molecule has 0 bridgehead atoms. The molecule has 0 spiro atoms. The third-order valence-electron chi connectivity index (χ3n) is 3.31. The summed E-state index contributed by atoms with van der Waals surface area (Å²) in [5.74, 6) is -1.03. The van der Waals surface area contributed by atoms with Gasteiger partial charge in [0.2, 0.25) is 0 Å². The third kappa shape index (κ3) is 7.77. The van der Waals surface area contributed by atoms with E-state index in [1.165, 1.54) is 0 Å². The first kappa shape index (κ1) is 18.4. The predicted octanol–water partition coefficient (Wildman–Crippen LogP) is 3.72. The van der Waals surface area contributed by atoms with Gasteiger partial charge in [0, 0.05) is 17.6 Å². The fourth-order valence-corrected chi connectivity index (χ4v) is 1.85. The molecule has 4 heteroatoms. The number of ether oxygens (including phenoxy) is 1. The van der Waals surface area contributed by atoms with Crippen molar-refractivity contribution in [2.75, 3.05) is 6.61 Å². The van der Waals surface area contributed by atoms with E-state index in [0.29, 0.717) is 17.9 Å². The molecule has 4 nitrogen and oxygen atoms in total. The average Bonchev–Trinajstić information content (AvgIpc) is 2.42. The zero-order valence-electron chi connectivity index (χ0n) is 12.6. The first-order valence-corrected chi connectivity index (χ1v) is 7.18. The van der Waals surface area contributed by atoms with Gasteiger partial charge in [-0.15, -0.1) is 0 Å². The van der Waals surface area contributed by atoms with E-state index >= 15 is 0 Å². The predicted molar refractivity (Wildman–Crippen MR) is 79.4 cm³/mol. The Hall–Kier alpha value is -1.58. The molecule has 20 heavy (non-hydrogen) atoms. The molecule has 0 aliphatic carbocycles. The summed E-state index contributed by atoms with van der Waals surface area (Å²) in [4.78, 5) is 22.3. The molecule has 0 aromatic carbocycles. The number of carbonyl (C=O) groups excluding carboxylic acids is 1. The fourth-order valence-electron chi connectivity index (χ4n) is 1.85. The molecule has 0 fully saturated rings. The van der Waals surface area contributed by atoms with Crippen molar-refractivity contribution < 1.29 is 19.4 Å². The Morgan fingerprint density at radius 2 is 1.85 bits per heavy atom. The molecule has 1 unspecified atom stereocenters. The minimum Gasteiger partial charge on any atom is -0.478 e. The van der Waals surface area contributed by atoms with Crippen LogP contribution in [0.1, 0.15) is 52.4 Å². The summed E-state index contributed by atoms with van der Waals surface area (Å²) in [6, 6.07) is 0. The molecule has 0 aliphatic rings. The largest absolute Gasteiger partial charge is 0.478 e. The lowest BCUT2D eigenvalue weighted by Gasteiger charge is -2.15. The van der Waals surface area contributed by atoms with Crippen LogP contribution >= 0.6 is 0 Å². The Kier molecular flexibility index (Phi) is 9.43. The fraction of sp³-hybridized carbons (Fsp3) is 0.625. The van der Waals surface area contributed by atoms with Crippen molar-refractivity contribution in [3.05, 3.63) is 24.3 Å². The Morgan fingerprint density at radius 1 is 1.20 bits per heavy atom. The summed E-state index contributed by atoms with van der Waals surface area (Å²) in [6.07, 6.45) is 5.19. The first-order valence-electron chi connectivity index (χ1n) is 7.18. The van der Waals surface area contributed by atoms with Gasteiger partial charge in [-0.25, -0.2) is 9.59 Å². The molecule has 0 radical (unpaired) electrons. The van der Waals surface area contributed by atoms with Gasteiger partial charge in [0.1, 0.15) is 0 Å². The van der Waals surface area contributed by atoms with E-state index in [9.17, 15) is 9.59 Å². The summed E-state index contributed by atoms with van der Waals surface area (Å²) in [7, 11) is 0. The van der Waals surface area contributed by atoms with E-state index in [-0.39, 0.29) is 18.6 Å². The molecule has 1 atom stereocenters. The number of carbonyl (C=O) groups is 2. The maximum atomic E-state index is 11.7. The van der Waals surface area contributed by atoms with E-state index in [1.807, 2.05) is 0 Å². The molecule has 0 heterocycles. The molecule has 0 rings (SSSR count). The van der Waals surface area contributed by atoms with Crippen LogP contribution in [0.3, 0.4) is 0 Å². The molecule has 0 aromatic heterocycles. The van der Waals surface area contributed by atoms with E-state index in [1.54, 1.807) is 0 Å². The second kappa shape index (κ2) is 10.2. The number of carboxylic acids is 1. The molecule has 114 valence electrons. The van der Waals surface area contributed by atoms with Crippen molar-refractivity contribution in [1.82, 2.24) is 0 Å². The van der Waals surface area contributed by atoms with Gasteiger partial charge in [-0.1, -0.05) is 52.7 Å². The van der Waals surface area contributed by atoms with Crippen LogP contribution in [-0.4, -0.2) is 23.7 Å². The number of rotatable bonds is 11. The van der Waals surface area contributed by atoms with Crippen LogP contribution in [0, 0.1) is 5.92 Å². The standard InChI is InChI=1S/C16H26O4/c1-5-7-8-14(6-2)11-13(4)16(19)20-10-9-12(3)15(17)18/h14H,3-11H2,1-2H3,(H,17,18). The van der Waals surface area contributed by atoms with Crippen molar-refractivity contribution in [3.63, 3.8) is 0 Å². The Balaban J connectivity index is 4.05. The minimum absolute atomic E-state index is 0.0364. The normalized spacial score (nSPS) is 11.7. The van der Waals surface area contributed by atoms with Crippen LogP contribution in [0.4, 0.5) is 0 Å². The van der Waals surface area contributed by atoms with Gasteiger partial charge >= 0.3 is 11.9 Å². The first-order chi connectivity index (χ1) is 9.42. The Morgan fingerprint density at radius 3 is 2.35 bits per heavy atom. The summed E-state index contributed by atoms with van der Waals surface area (Å²) in [5.41, 5.74) is 0.506. The molecule has 0 aliphatic heterocycles. The highest BCUT2D eigenvalue weighted by Gasteiger charge is 2.15. The van der Waals surface area contributed by atoms with Crippen molar-refractivity contribution in [2.24, 2.45) is 5.92 Å². The quantitative estimate of drug-likeness (QED) is 0.463. The summed E-state index contributed by atoms with van der Waals surface area (Å²) in [6.45, 7) is 11.4. The number of esters is 1. The van der Waals surface area contributed by atoms with Crippen LogP contribution in [0.25, 0.3) is 0 Å². The van der Waals surface area contributed by atoms with Crippen LogP contribution in [-0.2, 0) is 14.3 Å². The summed E-state index contributed by atoms with van der Waals surface area (Å²) in [5, 5.41) is 8.63. The van der Waals surface area contributed by atoms with E-state index in [0.717, 1.165) is 25.7 Å². The highest BCUT2D eigenvalue weighted by atomic mass is 16.5. The number of aliphatic carboxylic acids is 1. The Bertz CT molecular complexity index is 357. The lowest BCUT2D eigenvalue weighted by molar-refractivity contribution is -0.140. The van der Waals surface area contributed by atoms with Crippen molar-refractivity contribution in [1.29, 1.82) is 0 Å². The van der Waals surface area contributed by atoms with Crippen molar-refractivity contribution in [3.8, 4) is 0 Å². The molecular weight excluding hydrogens is 256 g/mol. The second-order valence-corrected chi connectivity index (χ2v) is 5.02. The molecule has 0 saturated carbocycles. The van der Waals surface area contributed by atoms with Crippen LogP contribution in [0.15, 0.2) is 24.3 Å². The zero-order chi connectivity index (χ0) is 15.5. The van der Waals surface area contributed by atoms with Gasteiger partial charge in [-0.3, -0.25) is 0 Å². The highest BCUT2D eigenvalue weighted by Crippen LogP contribution is 2.21. The zero-order valence-corrected chi connectivity index (χ0v) is 12.6. The summed E-state index contributed by atoms with van der Waals surface area (Å²) < 4.78 is 5.01. The minimum atomic E-state index is -1.06. The van der Waals surface area contributed by atoms with E-state index in [2.05, 4.69) is 27.0 Å². The third-order valence-corrected chi connectivity index (χ3v) is 3.31.